The first-order valence-electron chi connectivity index (χ1n) is 14.6. The summed E-state index contributed by atoms with van der Waals surface area (Å²) in [5, 5.41) is 11.2. The predicted octanol–water partition coefficient (Wildman–Crippen LogP) is 11.6. The Balaban J connectivity index is 1.86. The van der Waals surface area contributed by atoms with Crippen LogP contribution in [-0.2, 0) is 25.7 Å². The summed E-state index contributed by atoms with van der Waals surface area (Å²) >= 11 is 3.81. The third-order valence-corrected chi connectivity index (χ3v) is 9.75. The predicted molar refractivity (Wildman–Crippen MR) is 176 cm³/mol. The zero-order valence-electron chi connectivity index (χ0n) is 24.1. The highest BCUT2D eigenvalue weighted by Crippen LogP contribution is 2.45. The molecule has 0 heterocycles. The Morgan fingerprint density at radius 1 is 0.395 bits per heavy atom. The lowest BCUT2D eigenvalue weighted by atomic mass is 9.91. The summed E-state index contributed by atoms with van der Waals surface area (Å²) in [4.78, 5) is 2.84. The van der Waals surface area contributed by atoms with Crippen LogP contribution in [0.5, 0.6) is 0 Å². The molecule has 38 heavy (non-hydrogen) atoms. The lowest BCUT2D eigenvalue weighted by molar-refractivity contribution is 0.864. The molecular formula is C36H42S2. The molecule has 0 nitrogen and oxygen atoms in total. The summed E-state index contributed by atoms with van der Waals surface area (Å²) in [5.74, 6) is 0. The van der Waals surface area contributed by atoms with E-state index in [2.05, 4.69) is 88.7 Å². The maximum Gasteiger partial charge on any atom is 0.0227 e. The van der Waals surface area contributed by atoms with Crippen LogP contribution < -0.4 is 0 Å². The van der Waals surface area contributed by atoms with Crippen molar-refractivity contribution in [2.45, 2.75) is 88.9 Å². The quantitative estimate of drug-likeness (QED) is 0.128. The van der Waals surface area contributed by atoms with Crippen molar-refractivity contribution in [3.8, 4) is 0 Å². The number of fused-ring (bicyclic) bond motifs is 4. The Labute approximate surface area is 238 Å². The van der Waals surface area contributed by atoms with Crippen LogP contribution in [0.3, 0.4) is 0 Å². The largest absolute Gasteiger partial charge is 0.128 e. The van der Waals surface area contributed by atoms with Crippen molar-refractivity contribution in [1.29, 1.82) is 0 Å². The second kappa shape index (κ2) is 11.9. The molecule has 198 valence electrons. The summed E-state index contributed by atoms with van der Waals surface area (Å²) in [6.45, 7) is 9.18. The highest BCUT2D eigenvalue weighted by Gasteiger charge is 2.17. The molecule has 0 amide bonds. The van der Waals surface area contributed by atoms with Gasteiger partial charge >= 0.3 is 0 Å². The van der Waals surface area contributed by atoms with Crippen molar-refractivity contribution in [3.05, 3.63) is 70.8 Å². The molecule has 0 saturated carbocycles. The second-order valence-electron chi connectivity index (χ2n) is 10.8. The van der Waals surface area contributed by atoms with E-state index in [-0.39, 0.29) is 0 Å². The average Bonchev–Trinajstić information content (AvgIpc) is 2.91. The Kier molecular flexibility index (Phi) is 8.60. The van der Waals surface area contributed by atoms with Crippen molar-refractivity contribution in [3.63, 3.8) is 0 Å². The third kappa shape index (κ3) is 4.95. The van der Waals surface area contributed by atoms with Crippen molar-refractivity contribution < 1.29 is 0 Å². The number of hydrogen-bond acceptors (Lipinski definition) is 2. The zero-order valence-corrected chi connectivity index (χ0v) is 25.7. The molecule has 5 aromatic rings. The lowest BCUT2D eigenvalue weighted by Crippen LogP contribution is -1.96. The maximum absolute atomic E-state index is 2.49. The van der Waals surface area contributed by atoms with E-state index in [1.54, 1.807) is 0 Å². The highest BCUT2D eigenvalue weighted by molar-refractivity contribution is 7.99. The van der Waals surface area contributed by atoms with Crippen LogP contribution in [-0.4, -0.2) is 12.5 Å². The van der Waals surface area contributed by atoms with Crippen LogP contribution in [0.15, 0.2) is 58.3 Å². The van der Waals surface area contributed by atoms with E-state index in [9.17, 15) is 0 Å². The summed E-state index contributed by atoms with van der Waals surface area (Å²) < 4.78 is 0. The molecule has 0 N–H and O–H groups in total. The fourth-order valence-electron chi connectivity index (χ4n) is 6.38. The molecule has 0 atom stereocenters. The highest BCUT2D eigenvalue weighted by atomic mass is 32.2. The molecule has 0 unspecified atom stereocenters. The van der Waals surface area contributed by atoms with Gasteiger partial charge in [-0.25, -0.2) is 0 Å². The SMILES string of the molecule is CCCc1cc2cc3c(SC)c4cc5cc(CCC)c(CCC)cc5cc4c(SC)c3cc2cc1CCC. The van der Waals surface area contributed by atoms with Gasteiger partial charge in [0.2, 0.25) is 0 Å². The molecule has 0 spiro atoms. The van der Waals surface area contributed by atoms with Gasteiger partial charge < -0.3 is 0 Å². The normalized spacial score (nSPS) is 11.9. The summed E-state index contributed by atoms with van der Waals surface area (Å²) in [7, 11) is 0. The molecule has 0 fully saturated rings. The standard InChI is InChI=1S/C36H42S2/c1-7-11-23-15-27-19-31-32(20-28(27)16-24(23)12-8-2)36(38-6)34-22-30-18-26(14-10-4)25(13-9-3)17-29(30)21-33(34)35(31)37-5/h15-22H,7-14H2,1-6H3. The first-order chi connectivity index (χ1) is 18.6. The molecule has 5 rings (SSSR count). The van der Waals surface area contributed by atoms with Gasteiger partial charge in [0.25, 0.3) is 0 Å². The van der Waals surface area contributed by atoms with E-state index in [4.69, 9.17) is 0 Å². The van der Waals surface area contributed by atoms with Crippen LogP contribution in [0.2, 0.25) is 0 Å². The summed E-state index contributed by atoms with van der Waals surface area (Å²) in [6, 6.07) is 19.9. The number of rotatable bonds is 10. The van der Waals surface area contributed by atoms with Crippen LogP contribution >= 0.6 is 23.5 Å². The van der Waals surface area contributed by atoms with E-state index in [0.29, 0.717) is 0 Å². The topological polar surface area (TPSA) is 0 Å². The number of benzene rings is 5. The van der Waals surface area contributed by atoms with Crippen molar-refractivity contribution in [2.75, 3.05) is 12.5 Å². The van der Waals surface area contributed by atoms with Gasteiger partial charge in [0, 0.05) is 9.79 Å². The molecule has 0 bridgehead atoms. The molecule has 0 aliphatic heterocycles. The average molecular weight is 539 g/mol. The summed E-state index contributed by atoms with van der Waals surface area (Å²) in [6.07, 6.45) is 13.9. The maximum atomic E-state index is 2.49. The molecule has 2 heteroatoms. The van der Waals surface area contributed by atoms with Gasteiger partial charge in [0.05, 0.1) is 0 Å². The van der Waals surface area contributed by atoms with Crippen LogP contribution in [0.4, 0.5) is 0 Å². The van der Waals surface area contributed by atoms with E-state index in [1.165, 1.54) is 127 Å². The van der Waals surface area contributed by atoms with Gasteiger partial charge in [0.1, 0.15) is 0 Å². The lowest BCUT2D eigenvalue weighted by Gasteiger charge is -2.18. The van der Waals surface area contributed by atoms with Gasteiger partial charge in [-0.2, -0.15) is 0 Å². The number of hydrogen-bond donors (Lipinski definition) is 0. The zero-order chi connectivity index (χ0) is 26.8. The van der Waals surface area contributed by atoms with Crippen LogP contribution in [0, 0.1) is 0 Å². The Bertz CT molecular complexity index is 1390. The van der Waals surface area contributed by atoms with Crippen molar-refractivity contribution >= 4 is 66.6 Å². The van der Waals surface area contributed by atoms with Crippen LogP contribution in [0.1, 0.15) is 75.6 Å². The number of aryl methyl sites for hydroxylation is 4. The minimum atomic E-state index is 1.17. The number of thioether (sulfide) groups is 2. The molecular weight excluding hydrogens is 497 g/mol. The molecule has 0 aromatic heterocycles. The molecule has 0 aliphatic carbocycles. The van der Waals surface area contributed by atoms with E-state index >= 15 is 0 Å². The first-order valence-corrected chi connectivity index (χ1v) is 17.0. The fraction of sp³-hybridized carbons (Fsp3) is 0.389. The van der Waals surface area contributed by atoms with Gasteiger partial charge in [-0.15, -0.1) is 23.5 Å². The van der Waals surface area contributed by atoms with Gasteiger partial charge in [0.15, 0.2) is 0 Å². The molecule has 5 aromatic carbocycles. The smallest absolute Gasteiger partial charge is 0.0227 e. The van der Waals surface area contributed by atoms with E-state index < -0.39 is 0 Å². The van der Waals surface area contributed by atoms with E-state index in [1.807, 2.05) is 23.5 Å². The Hall–Kier alpha value is -2.16. The molecule has 0 aliphatic rings. The summed E-state index contributed by atoms with van der Waals surface area (Å²) in [5.41, 5.74) is 6.15. The van der Waals surface area contributed by atoms with Crippen LogP contribution in [0.25, 0.3) is 43.1 Å². The third-order valence-electron chi connectivity index (χ3n) is 8.05. The molecule has 0 radical (unpaired) electrons. The van der Waals surface area contributed by atoms with Crippen molar-refractivity contribution in [2.24, 2.45) is 0 Å². The van der Waals surface area contributed by atoms with Crippen molar-refractivity contribution in [1.82, 2.24) is 0 Å². The Morgan fingerprint density at radius 2 is 0.632 bits per heavy atom. The molecule has 0 saturated heterocycles. The minimum absolute atomic E-state index is 1.17. The minimum Gasteiger partial charge on any atom is -0.128 e. The monoisotopic (exact) mass is 538 g/mol. The van der Waals surface area contributed by atoms with Gasteiger partial charge in [-0.05, 0) is 128 Å². The Morgan fingerprint density at radius 3 is 0.816 bits per heavy atom. The van der Waals surface area contributed by atoms with Gasteiger partial charge in [-0.3, -0.25) is 0 Å². The fourth-order valence-corrected chi connectivity index (χ4v) is 7.93. The second-order valence-corrected chi connectivity index (χ2v) is 12.4. The first kappa shape index (κ1) is 27.4. The van der Waals surface area contributed by atoms with Gasteiger partial charge in [-0.1, -0.05) is 77.6 Å². The van der Waals surface area contributed by atoms with E-state index in [0.717, 1.165) is 0 Å².